The molecule has 0 N–H and O–H groups in total. The Balaban J connectivity index is 1.93. The molecule has 0 aliphatic carbocycles. The van der Waals surface area contributed by atoms with Crippen LogP contribution in [0.2, 0.25) is 0 Å². The summed E-state index contributed by atoms with van der Waals surface area (Å²) >= 11 is 0. The van der Waals surface area contributed by atoms with Crippen LogP contribution in [0.5, 0.6) is 5.75 Å². The van der Waals surface area contributed by atoms with Crippen molar-refractivity contribution in [2.24, 2.45) is 0 Å². The highest BCUT2D eigenvalue weighted by molar-refractivity contribution is 5.29. The Morgan fingerprint density at radius 1 is 1.22 bits per heavy atom. The zero-order valence-electron chi connectivity index (χ0n) is 11.3. The molecule has 0 unspecified atom stereocenters. The summed E-state index contributed by atoms with van der Waals surface area (Å²) < 4.78 is 7.63. The Bertz CT molecular complexity index is 485. The molecule has 3 nitrogen and oxygen atoms in total. The van der Waals surface area contributed by atoms with Gasteiger partial charge in [0.2, 0.25) is 0 Å². The Morgan fingerprint density at radius 3 is 2.50 bits per heavy atom. The van der Waals surface area contributed by atoms with Gasteiger partial charge < -0.3 is 4.74 Å². The lowest BCUT2D eigenvalue weighted by Gasteiger charge is -2.08. The van der Waals surface area contributed by atoms with Gasteiger partial charge in [-0.15, -0.1) is 0 Å². The molecule has 1 aromatic carbocycles. The normalized spacial score (nSPS) is 10.9. The van der Waals surface area contributed by atoms with Crippen LogP contribution in [0.4, 0.5) is 0 Å². The Labute approximate surface area is 108 Å². The molecule has 2 aromatic rings. The monoisotopic (exact) mass is 244 g/mol. The maximum atomic E-state index is 5.73. The van der Waals surface area contributed by atoms with Crippen LogP contribution in [-0.4, -0.2) is 9.78 Å². The van der Waals surface area contributed by atoms with E-state index in [0.29, 0.717) is 12.5 Å². The summed E-state index contributed by atoms with van der Waals surface area (Å²) in [5.41, 5.74) is 2.44. The van der Waals surface area contributed by atoms with Gasteiger partial charge in [-0.05, 0) is 30.5 Å². The van der Waals surface area contributed by atoms with Crippen molar-refractivity contribution in [1.29, 1.82) is 0 Å². The molecule has 0 aliphatic heterocycles. The van der Waals surface area contributed by atoms with Gasteiger partial charge in [0.05, 0.1) is 6.20 Å². The number of aryl methyl sites for hydroxylation is 1. The molecule has 0 amide bonds. The van der Waals surface area contributed by atoms with E-state index in [1.54, 1.807) is 0 Å². The van der Waals surface area contributed by atoms with Crippen LogP contribution in [0.25, 0.3) is 0 Å². The van der Waals surface area contributed by atoms with Crippen LogP contribution in [0.1, 0.15) is 37.8 Å². The van der Waals surface area contributed by atoms with Crippen LogP contribution in [-0.2, 0) is 13.2 Å². The lowest BCUT2D eigenvalue weighted by Crippen LogP contribution is -1.95. The van der Waals surface area contributed by atoms with Gasteiger partial charge in [-0.3, -0.25) is 4.68 Å². The molecule has 0 saturated carbocycles. The minimum absolute atomic E-state index is 0.557. The summed E-state index contributed by atoms with van der Waals surface area (Å²) in [7, 11) is 0. The van der Waals surface area contributed by atoms with E-state index >= 15 is 0 Å². The molecule has 0 bridgehead atoms. The quantitative estimate of drug-likeness (QED) is 0.803. The number of nitrogens with zero attached hydrogens (tertiary/aromatic N) is 2. The fraction of sp³-hybridized carbons (Fsp3) is 0.400. The number of aromatic nitrogens is 2. The maximum Gasteiger partial charge on any atom is 0.119 e. The molecule has 0 atom stereocenters. The maximum absolute atomic E-state index is 5.73. The first-order valence-electron chi connectivity index (χ1n) is 6.43. The standard InChI is InChI=1S/C15H20N2O/c1-4-17-10-13(9-16-17)11-18-15-7-5-14(6-8-15)12(2)3/h5-10,12H,4,11H2,1-3H3. The van der Waals surface area contributed by atoms with Crippen molar-refractivity contribution < 1.29 is 4.74 Å². The molecule has 0 saturated heterocycles. The Kier molecular flexibility index (Phi) is 4.03. The summed E-state index contributed by atoms with van der Waals surface area (Å²) in [6.45, 7) is 7.91. The molecule has 2 rings (SSSR count). The molecule has 18 heavy (non-hydrogen) atoms. The fourth-order valence-corrected chi connectivity index (χ4v) is 1.77. The van der Waals surface area contributed by atoms with E-state index in [9.17, 15) is 0 Å². The zero-order chi connectivity index (χ0) is 13.0. The number of hydrogen-bond acceptors (Lipinski definition) is 2. The van der Waals surface area contributed by atoms with Gasteiger partial charge in [0.1, 0.15) is 12.4 Å². The number of ether oxygens (including phenoxy) is 1. The molecule has 0 radical (unpaired) electrons. The minimum atomic E-state index is 0.557. The average molecular weight is 244 g/mol. The third-order valence-electron chi connectivity index (χ3n) is 2.96. The summed E-state index contributed by atoms with van der Waals surface area (Å²) in [5.74, 6) is 1.46. The second-order valence-corrected chi connectivity index (χ2v) is 4.72. The average Bonchev–Trinajstić information content (AvgIpc) is 2.85. The first-order valence-corrected chi connectivity index (χ1v) is 6.43. The molecular formula is C15H20N2O. The van der Waals surface area contributed by atoms with Crippen molar-refractivity contribution >= 4 is 0 Å². The van der Waals surface area contributed by atoms with Gasteiger partial charge in [0, 0.05) is 18.3 Å². The summed E-state index contributed by atoms with van der Waals surface area (Å²) in [5, 5.41) is 4.22. The largest absolute Gasteiger partial charge is 0.489 e. The molecule has 0 fully saturated rings. The van der Waals surface area contributed by atoms with E-state index < -0.39 is 0 Å². The van der Waals surface area contributed by atoms with E-state index in [2.05, 4.69) is 38.0 Å². The van der Waals surface area contributed by atoms with Crippen molar-refractivity contribution in [3.05, 3.63) is 47.8 Å². The lowest BCUT2D eigenvalue weighted by atomic mass is 10.0. The highest BCUT2D eigenvalue weighted by Crippen LogP contribution is 2.19. The molecular weight excluding hydrogens is 224 g/mol. The predicted octanol–water partition coefficient (Wildman–Crippen LogP) is 3.61. The molecule has 1 aromatic heterocycles. The van der Waals surface area contributed by atoms with Crippen molar-refractivity contribution in [3.63, 3.8) is 0 Å². The van der Waals surface area contributed by atoms with Gasteiger partial charge >= 0.3 is 0 Å². The highest BCUT2D eigenvalue weighted by Gasteiger charge is 2.01. The Morgan fingerprint density at radius 2 is 1.94 bits per heavy atom. The molecule has 96 valence electrons. The fourth-order valence-electron chi connectivity index (χ4n) is 1.77. The lowest BCUT2D eigenvalue weighted by molar-refractivity contribution is 0.306. The molecule has 1 heterocycles. The molecule has 0 aliphatic rings. The summed E-state index contributed by atoms with van der Waals surface area (Å²) in [6, 6.07) is 8.30. The van der Waals surface area contributed by atoms with Gasteiger partial charge in [0.15, 0.2) is 0 Å². The second-order valence-electron chi connectivity index (χ2n) is 4.72. The topological polar surface area (TPSA) is 27.1 Å². The van der Waals surface area contributed by atoms with E-state index in [-0.39, 0.29) is 0 Å². The van der Waals surface area contributed by atoms with E-state index in [4.69, 9.17) is 4.74 Å². The SMILES string of the molecule is CCn1cc(COc2ccc(C(C)C)cc2)cn1. The van der Waals surface area contributed by atoms with Crippen molar-refractivity contribution in [2.75, 3.05) is 0 Å². The summed E-state index contributed by atoms with van der Waals surface area (Å²) in [4.78, 5) is 0. The zero-order valence-corrected chi connectivity index (χ0v) is 11.3. The van der Waals surface area contributed by atoms with Crippen LogP contribution in [0, 0.1) is 0 Å². The first-order chi connectivity index (χ1) is 8.69. The van der Waals surface area contributed by atoms with Gasteiger partial charge in [-0.1, -0.05) is 26.0 Å². The van der Waals surface area contributed by atoms with E-state index in [1.807, 2.05) is 29.2 Å². The van der Waals surface area contributed by atoms with Crippen LogP contribution < -0.4 is 4.74 Å². The van der Waals surface area contributed by atoms with Crippen molar-refractivity contribution in [2.45, 2.75) is 39.8 Å². The second kappa shape index (κ2) is 5.71. The number of hydrogen-bond donors (Lipinski definition) is 0. The van der Waals surface area contributed by atoms with Gasteiger partial charge in [-0.2, -0.15) is 5.10 Å². The van der Waals surface area contributed by atoms with Crippen LogP contribution in [0.3, 0.4) is 0 Å². The predicted molar refractivity (Wildman–Crippen MR) is 72.8 cm³/mol. The third-order valence-corrected chi connectivity index (χ3v) is 2.96. The highest BCUT2D eigenvalue weighted by atomic mass is 16.5. The molecule has 3 heteroatoms. The van der Waals surface area contributed by atoms with E-state index in [0.717, 1.165) is 17.9 Å². The number of benzene rings is 1. The van der Waals surface area contributed by atoms with Crippen molar-refractivity contribution in [1.82, 2.24) is 9.78 Å². The van der Waals surface area contributed by atoms with Crippen LogP contribution >= 0.6 is 0 Å². The summed E-state index contributed by atoms with van der Waals surface area (Å²) in [6.07, 6.45) is 3.87. The third kappa shape index (κ3) is 3.13. The Hall–Kier alpha value is -1.77. The first kappa shape index (κ1) is 12.7. The smallest absolute Gasteiger partial charge is 0.119 e. The molecule has 0 spiro atoms. The van der Waals surface area contributed by atoms with Crippen LogP contribution in [0.15, 0.2) is 36.7 Å². The van der Waals surface area contributed by atoms with E-state index in [1.165, 1.54) is 5.56 Å². The van der Waals surface area contributed by atoms with Gasteiger partial charge in [-0.25, -0.2) is 0 Å². The minimum Gasteiger partial charge on any atom is -0.489 e. The van der Waals surface area contributed by atoms with Crippen molar-refractivity contribution in [3.8, 4) is 5.75 Å². The number of rotatable bonds is 5. The van der Waals surface area contributed by atoms with Gasteiger partial charge in [0.25, 0.3) is 0 Å².